The molecule has 1 fully saturated rings. The molecular formula is C18H29N2O2+. The molecule has 1 aromatic rings. The number of rotatable bonds is 6. The molecule has 1 amide bonds. The van der Waals surface area contributed by atoms with Gasteiger partial charge in [0, 0.05) is 11.6 Å². The van der Waals surface area contributed by atoms with E-state index in [1.54, 1.807) is 7.11 Å². The highest BCUT2D eigenvalue weighted by Crippen LogP contribution is 2.23. The Kier molecular flexibility index (Phi) is 6.25. The summed E-state index contributed by atoms with van der Waals surface area (Å²) >= 11 is 0. The van der Waals surface area contributed by atoms with Gasteiger partial charge >= 0.3 is 0 Å². The smallest absolute Gasteiger partial charge is 0.278 e. The highest BCUT2D eigenvalue weighted by molar-refractivity contribution is 5.80. The van der Waals surface area contributed by atoms with E-state index in [2.05, 4.69) is 17.6 Å². The Morgan fingerprint density at radius 1 is 1.32 bits per heavy atom. The fraction of sp³-hybridized carbons (Fsp3) is 0.611. The van der Waals surface area contributed by atoms with Gasteiger partial charge in [0.25, 0.3) is 5.91 Å². The molecule has 0 heterocycles. The fourth-order valence-corrected chi connectivity index (χ4v) is 3.03. The lowest BCUT2D eigenvalue weighted by atomic mass is 9.86. The number of amides is 1. The van der Waals surface area contributed by atoms with E-state index in [0.717, 1.165) is 18.7 Å². The summed E-state index contributed by atoms with van der Waals surface area (Å²) < 4.78 is 5.15. The molecule has 4 heteroatoms. The summed E-state index contributed by atoms with van der Waals surface area (Å²) in [5.74, 6) is 1.62. The number of benzene rings is 1. The first-order valence-electron chi connectivity index (χ1n) is 8.36. The minimum atomic E-state index is -0.0590. The number of carbonyl (C=O) groups excluding carboxylic acids is 1. The molecule has 1 aliphatic carbocycles. The van der Waals surface area contributed by atoms with Crippen molar-refractivity contribution in [3.05, 3.63) is 29.8 Å². The summed E-state index contributed by atoms with van der Waals surface area (Å²) in [6.45, 7) is 5.03. The van der Waals surface area contributed by atoms with Crippen LogP contribution in [0.15, 0.2) is 24.3 Å². The molecule has 0 saturated heterocycles. The molecule has 0 spiro atoms. The number of hydrogen-bond acceptors (Lipinski definition) is 2. The molecule has 1 aliphatic rings. The SMILES string of the molecule is COc1ccc(C[NH2+][C@H](C)C(=O)N[C@H]2CCCC[C@@H]2C)cc1. The van der Waals surface area contributed by atoms with Crippen molar-refractivity contribution in [2.45, 2.75) is 58.2 Å². The van der Waals surface area contributed by atoms with E-state index in [4.69, 9.17) is 4.74 Å². The highest BCUT2D eigenvalue weighted by atomic mass is 16.5. The molecule has 0 bridgehead atoms. The second kappa shape index (κ2) is 8.18. The predicted molar refractivity (Wildman–Crippen MR) is 87.6 cm³/mol. The quantitative estimate of drug-likeness (QED) is 0.842. The molecule has 1 saturated carbocycles. The Bertz CT molecular complexity index is 472. The van der Waals surface area contributed by atoms with Crippen molar-refractivity contribution >= 4 is 5.91 Å². The molecule has 0 radical (unpaired) electrons. The van der Waals surface area contributed by atoms with E-state index in [1.165, 1.54) is 24.8 Å². The number of ether oxygens (including phenoxy) is 1. The average molecular weight is 305 g/mol. The Balaban J connectivity index is 1.77. The van der Waals surface area contributed by atoms with E-state index in [9.17, 15) is 4.79 Å². The molecule has 122 valence electrons. The summed E-state index contributed by atoms with van der Waals surface area (Å²) in [6.07, 6.45) is 4.89. The van der Waals surface area contributed by atoms with Gasteiger partial charge in [0.15, 0.2) is 6.04 Å². The van der Waals surface area contributed by atoms with Gasteiger partial charge < -0.3 is 15.4 Å². The minimum Gasteiger partial charge on any atom is -0.497 e. The first-order valence-corrected chi connectivity index (χ1v) is 8.36. The van der Waals surface area contributed by atoms with Crippen molar-refractivity contribution in [1.82, 2.24) is 5.32 Å². The number of quaternary nitrogens is 1. The number of methoxy groups -OCH3 is 1. The predicted octanol–water partition coefficient (Wildman–Crippen LogP) is 1.84. The van der Waals surface area contributed by atoms with Crippen molar-refractivity contribution in [3.8, 4) is 5.75 Å². The van der Waals surface area contributed by atoms with Crippen molar-refractivity contribution < 1.29 is 14.8 Å². The van der Waals surface area contributed by atoms with Gasteiger partial charge in [0.05, 0.1) is 7.11 Å². The largest absolute Gasteiger partial charge is 0.497 e. The van der Waals surface area contributed by atoms with Crippen LogP contribution in [0.3, 0.4) is 0 Å². The molecule has 22 heavy (non-hydrogen) atoms. The molecule has 4 nitrogen and oxygen atoms in total. The summed E-state index contributed by atoms with van der Waals surface area (Å²) in [6, 6.07) is 8.30. The van der Waals surface area contributed by atoms with Crippen molar-refractivity contribution in [2.75, 3.05) is 7.11 Å². The zero-order valence-corrected chi connectivity index (χ0v) is 14.0. The van der Waals surface area contributed by atoms with Gasteiger partial charge in [-0.1, -0.05) is 19.8 Å². The van der Waals surface area contributed by atoms with Crippen LogP contribution < -0.4 is 15.4 Å². The molecule has 2 rings (SSSR count). The topological polar surface area (TPSA) is 54.9 Å². The van der Waals surface area contributed by atoms with Crippen LogP contribution in [0.2, 0.25) is 0 Å². The normalized spacial score (nSPS) is 22.9. The van der Waals surface area contributed by atoms with Crippen LogP contribution in [0.25, 0.3) is 0 Å². The molecular weight excluding hydrogens is 276 g/mol. The van der Waals surface area contributed by atoms with Crippen LogP contribution in [-0.2, 0) is 11.3 Å². The summed E-state index contributed by atoms with van der Waals surface area (Å²) in [4.78, 5) is 12.3. The zero-order valence-electron chi connectivity index (χ0n) is 14.0. The third kappa shape index (κ3) is 4.73. The van der Waals surface area contributed by atoms with Gasteiger partial charge in [-0.3, -0.25) is 4.79 Å². The Labute approximate surface area is 133 Å². The maximum Gasteiger partial charge on any atom is 0.278 e. The number of hydrogen-bond donors (Lipinski definition) is 2. The summed E-state index contributed by atoms with van der Waals surface area (Å²) in [5.41, 5.74) is 1.20. The standard InChI is InChI=1S/C18H28N2O2/c1-13-6-4-5-7-17(13)20-18(21)14(2)19-12-15-8-10-16(22-3)11-9-15/h8-11,13-14,17,19H,4-7,12H2,1-3H3,(H,20,21)/p+1/t13-,14+,17-/m0/s1. The zero-order chi connectivity index (χ0) is 15.9. The third-order valence-corrected chi connectivity index (χ3v) is 4.72. The van der Waals surface area contributed by atoms with E-state index >= 15 is 0 Å². The fourth-order valence-electron chi connectivity index (χ4n) is 3.03. The monoisotopic (exact) mass is 305 g/mol. The van der Waals surface area contributed by atoms with Gasteiger partial charge in [-0.15, -0.1) is 0 Å². The number of nitrogens with one attached hydrogen (secondary N) is 1. The van der Waals surface area contributed by atoms with Crippen molar-refractivity contribution in [3.63, 3.8) is 0 Å². The molecule has 3 atom stereocenters. The summed E-state index contributed by atoms with van der Waals surface area (Å²) in [5, 5.41) is 5.32. The third-order valence-electron chi connectivity index (χ3n) is 4.72. The summed E-state index contributed by atoms with van der Waals surface area (Å²) in [7, 11) is 1.67. The van der Waals surface area contributed by atoms with E-state index < -0.39 is 0 Å². The van der Waals surface area contributed by atoms with Crippen LogP contribution >= 0.6 is 0 Å². The second-order valence-corrected chi connectivity index (χ2v) is 6.45. The van der Waals surface area contributed by atoms with Gasteiger partial charge in [0.2, 0.25) is 0 Å². The lowest BCUT2D eigenvalue weighted by Crippen LogP contribution is -2.90. The lowest BCUT2D eigenvalue weighted by Gasteiger charge is -2.30. The average Bonchev–Trinajstić information content (AvgIpc) is 2.55. The second-order valence-electron chi connectivity index (χ2n) is 6.45. The van der Waals surface area contributed by atoms with Crippen molar-refractivity contribution in [2.24, 2.45) is 5.92 Å². The Morgan fingerprint density at radius 3 is 2.64 bits per heavy atom. The number of carbonyl (C=O) groups is 1. The van der Waals surface area contributed by atoms with Crippen molar-refractivity contribution in [1.29, 1.82) is 0 Å². The maximum atomic E-state index is 12.3. The van der Waals surface area contributed by atoms with Gasteiger partial charge in [0.1, 0.15) is 12.3 Å². The molecule has 1 aromatic carbocycles. The van der Waals surface area contributed by atoms with E-state index in [-0.39, 0.29) is 11.9 Å². The van der Waals surface area contributed by atoms with Gasteiger partial charge in [-0.2, -0.15) is 0 Å². The molecule has 0 unspecified atom stereocenters. The number of nitrogens with two attached hydrogens (primary N) is 1. The van der Waals surface area contributed by atoms with Crippen LogP contribution in [0, 0.1) is 5.92 Å². The van der Waals surface area contributed by atoms with E-state index in [1.807, 2.05) is 31.2 Å². The molecule has 0 aliphatic heterocycles. The first-order chi connectivity index (χ1) is 10.6. The Morgan fingerprint density at radius 2 is 2.00 bits per heavy atom. The minimum absolute atomic E-state index is 0.0590. The van der Waals surface area contributed by atoms with Gasteiger partial charge in [-0.25, -0.2) is 0 Å². The van der Waals surface area contributed by atoms with Crippen LogP contribution in [0.4, 0.5) is 0 Å². The molecule has 0 aromatic heterocycles. The van der Waals surface area contributed by atoms with E-state index in [0.29, 0.717) is 12.0 Å². The van der Waals surface area contributed by atoms with Crippen LogP contribution in [0.5, 0.6) is 5.75 Å². The van der Waals surface area contributed by atoms with Crippen LogP contribution in [0.1, 0.15) is 45.1 Å². The van der Waals surface area contributed by atoms with Crippen LogP contribution in [-0.4, -0.2) is 25.1 Å². The van der Waals surface area contributed by atoms with Gasteiger partial charge in [-0.05, 0) is 49.9 Å². The first kappa shape index (κ1) is 16.8. The highest BCUT2D eigenvalue weighted by Gasteiger charge is 2.25. The Hall–Kier alpha value is -1.55. The molecule has 3 N–H and O–H groups in total. The maximum absolute atomic E-state index is 12.3. The lowest BCUT2D eigenvalue weighted by molar-refractivity contribution is -0.689.